The van der Waals surface area contributed by atoms with Gasteiger partial charge in [0.2, 0.25) is 0 Å². The van der Waals surface area contributed by atoms with E-state index in [0.717, 1.165) is 37.7 Å². The summed E-state index contributed by atoms with van der Waals surface area (Å²) in [5.74, 6) is 1.71. The lowest BCUT2D eigenvalue weighted by Crippen LogP contribution is -2.53. The average molecular weight is 220 g/mol. The molecule has 1 saturated heterocycles. The first-order valence-corrected chi connectivity index (χ1v) is 5.77. The number of ether oxygens (including phenoxy) is 2. The molecule has 0 amide bonds. The first-order valence-electron chi connectivity index (χ1n) is 5.77. The Bertz CT molecular complexity index is 364. The van der Waals surface area contributed by atoms with Crippen LogP contribution >= 0.6 is 0 Å². The van der Waals surface area contributed by atoms with E-state index in [0.29, 0.717) is 6.61 Å². The molecule has 4 heteroatoms. The van der Waals surface area contributed by atoms with Crippen LogP contribution in [0, 0.1) is 0 Å². The van der Waals surface area contributed by atoms with E-state index in [1.54, 1.807) is 0 Å². The summed E-state index contributed by atoms with van der Waals surface area (Å²) in [7, 11) is 0. The van der Waals surface area contributed by atoms with Gasteiger partial charge in [-0.1, -0.05) is 12.1 Å². The molecule has 1 fully saturated rings. The first kappa shape index (κ1) is 9.93. The van der Waals surface area contributed by atoms with Crippen LogP contribution in [-0.4, -0.2) is 43.9 Å². The van der Waals surface area contributed by atoms with Crippen LogP contribution in [0.3, 0.4) is 0 Å². The zero-order valence-electron chi connectivity index (χ0n) is 9.19. The maximum Gasteiger partial charge on any atom is 0.187 e. The van der Waals surface area contributed by atoms with Crippen LogP contribution in [0.5, 0.6) is 11.5 Å². The second-order valence-corrected chi connectivity index (χ2v) is 4.12. The molecule has 0 aromatic heterocycles. The van der Waals surface area contributed by atoms with Crippen molar-refractivity contribution in [1.29, 1.82) is 0 Å². The van der Waals surface area contributed by atoms with Crippen molar-refractivity contribution in [3.63, 3.8) is 0 Å². The van der Waals surface area contributed by atoms with Gasteiger partial charge in [0.15, 0.2) is 17.7 Å². The molecule has 1 atom stereocenters. The molecule has 1 aromatic carbocycles. The molecular weight excluding hydrogens is 204 g/mol. The minimum atomic E-state index is 0.0667. The summed E-state index contributed by atoms with van der Waals surface area (Å²) in [5, 5.41) is 3.33. The van der Waals surface area contributed by atoms with E-state index in [1.165, 1.54) is 0 Å². The van der Waals surface area contributed by atoms with E-state index in [4.69, 9.17) is 9.47 Å². The van der Waals surface area contributed by atoms with Gasteiger partial charge in [-0.25, -0.2) is 0 Å². The number of rotatable bonds is 1. The van der Waals surface area contributed by atoms with Gasteiger partial charge in [0.1, 0.15) is 6.61 Å². The monoisotopic (exact) mass is 220 g/mol. The zero-order chi connectivity index (χ0) is 10.8. The first-order chi connectivity index (χ1) is 7.93. The van der Waals surface area contributed by atoms with Gasteiger partial charge in [-0.2, -0.15) is 0 Å². The van der Waals surface area contributed by atoms with Gasteiger partial charge < -0.3 is 14.8 Å². The van der Waals surface area contributed by atoms with E-state index in [1.807, 2.05) is 24.3 Å². The fourth-order valence-electron chi connectivity index (χ4n) is 2.16. The van der Waals surface area contributed by atoms with Crippen molar-refractivity contribution in [3.05, 3.63) is 24.3 Å². The summed E-state index contributed by atoms with van der Waals surface area (Å²) < 4.78 is 11.6. The standard InChI is InChI=1S/C12H16N2O2/c1-2-4-11-10(3-1)15-9-12(16-11)14-7-5-13-6-8-14/h1-4,12-13H,5-9H2. The summed E-state index contributed by atoms with van der Waals surface area (Å²) in [5.41, 5.74) is 0. The molecule has 0 spiro atoms. The summed E-state index contributed by atoms with van der Waals surface area (Å²) in [6.07, 6.45) is 0.0667. The normalized spacial score (nSPS) is 25.4. The Morgan fingerprint density at radius 3 is 2.69 bits per heavy atom. The average Bonchev–Trinajstić information content (AvgIpc) is 2.39. The second-order valence-electron chi connectivity index (χ2n) is 4.12. The van der Waals surface area contributed by atoms with Crippen molar-refractivity contribution in [2.24, 2.45) is 0 Å². The molecule has 1 N–H and O–H groups in total. The van der Waals surface area contributed by atoms with E-state index in [9.17, 15) is 0 Å². The van der Waals surface area contributed by atoms with Crippen LogP contribution in [0.2, 0.25) is 0 Å². The van der Waals surface area contributed by atoms with Gasteiger partial charge >= 0.3 is 0 Å². The Morgan fingerprint density at radius 1 is 1.12 bits per heavy atom. The van der Waals surface area contributed by atoms with Gasteiger partial charge in [-0.15, -0.1) is 0 Å². The van der Waals surface area contributed by atoms with Gasteiger partial charge in [-0.05, 0) is 12.1 Å². The SMILES string of the molecule is c1ccc2c(c1)OCC(N1CCNCC1)O2. The highest BCUT2D eigenvalue weighted by Crippen LogP contribution is 2.31. The molecule has 4 nitrogen and oxygen atoms in total. The minimum Gasteiger partial charge on any atom is -0.484 e. The van der Waals surface area contributed by atoms with Crippen molar-refractivity contribution in [2.75, 3.05) is 32.8 Å². The largest absolute Gasteiger partial charge is 0.484 e. The molecule has 2 aliphatic rings. The zero-order valence-corrected chi connectivity index (χ0v) is 9.19. The van der Waals surface area contributed by atoms with E-state index >= 15 is 0 Å². The molecule has 2 aliphatic heterocycles. The smallest absolute Gasteiger partial charge is 0.187 e. The number of fused-ring (bicyclic) bond motifs is 1. The lowest BCUT2D eigenvalue weighted by molar-refractivity contribution is -0.0340. The number of hydrogen-bond donors (Lipinski definition) is 1. The highest BCUT2D eigenvalue weighted by Gasteiger charge is 2.27. The number of benzene rings is 1. The summed E-state index contributed by atoms with van der Waals surface area (Å²) >= 11 is 0. The van der Waals surface area contributed by atoms with E-state index < -0.39 is 0 Å². The molecule has 0 bridgehead atoms. The molecule has 0 aliphatic carbocycles. The fraction of sp³-hybridized carbons (Fsp3) is 0.500. The Kier molecular flexibility index (Phi) is 2.68. The van der Waals surface area contributed by atoms with Crippen LogP contribution in [0.1, 0.15) is 0 Å². The van der Waals surface area contributed by atoms with Crippen LogP contribution in [-0.2, 0) is 0 Å². The van der Waals surface area contributed by atoms with Gasteiger partial charge in [0.05, 0.1) is 0 Å². The quantitative estimate of drug-likeness (QED) is 0.755. The highest BCUT2D eigenvalue weighted by atomic mass is 16.6. The predicted molar refractivity (Wildman–Crippen MR) is 60.8 cm³/mol. The summed E-state index contributed by atoms with van der Waals surface area (Å²) in [4.78, 5) is 2.33. The molecule has 2 heterocycles. The molecule has 86 valence electrons. The van der Waals surface area contributed by atoms with Crippen molar-refractivity contribution in [1.82, 2.24) is 10.2 Å². The summed E-state index contributed by atoms with van der Waals surface area (Å²) in [6.45, 7) is 4.73. The molecule has 1 unspecified atom stereocenters. The Labute approximate surface area is 95.1 Å². The van der Waals surface area contributed by atoms with E-state index in [2.05, 4.69) is 10.2 Å². The summed E-state index contributed by atoms with van der Waals surface area (Å²) in [6, 6.07) is 7.85. The van der Waals surface area contributed by atoms with E-state index in [-0.39, 0.29) is 6.23 Å². The Balaban J connectivity index is 1.72. The number of nitrogens with zero attached hydrogens (tertiary/aromatic N) is 1. The number of hydrogen-bond acceptors (Lipinski definition) is 4. The van der Waals surface area contributed by atoms with Crippen LogP contribution in [0.4, 0.5) is 0 Å². The molecule has 1 aromatic rings. The maximum atomic E-state index is 5.94. The highest BCUT2D eigenvalue weighted by molar-refractivity contribution is 5.40. The molecule has 16 heavy (non-hydrogen) atoms. The Morgan fingerprint density at radius 2 is 1.88 bits per heavy atom. The van der Waals surface area contributed by atoms with Crippen molar-refractivity contribution in [2.45, 2.75) is 6.23 Å². The molecule has 0 saturated carbocycles. The molecule has 0 radical (unpaired) electrons. The lowest BCUT2D eigenvalue weighted by Gasteiger charge is -2.37. The fourth-order valence-corrected chi connectivity index (χ4v) is 2.16. The molecule has 3 rings (SSSR count). The number of para-hydroxylation sites is 2. The molecular formula is C12H16N2O2. The third-order valence-corrected chi connectivity index (χ3v) is 3.05. The third-order valence-electron chi connectivity index (χ3n) is 3.05. The number of nitrogens with one attached hydrogen (secondary N) is 1. The number of piperazine rings is 1. The van der Waals surface area contributed by atoms with Crippen molar-refractivity contribution in [3.8, 4) is 11.5 Å². The van der Waals surface area contributed by atoms with Crippen LogP contribution in [0.15, 0.2) is 24.3 Å². The van der Waals surface area contributed by atoms with Gasteiger partial charge in [0, 0.05) is 26.2 Å². The third kappa shape index (κ3) is 1.86. The Hall–Kier alpha value is -1.26. The van der Waals surface area contributed by atoms with Crippen LogP contribution in [0.25, 0.3) is 0 Å². The topological polar surface area (TPSA) is 33.7 Å². The predicted octanol–water partition coefficient (Wildman–Crippen LogP) is 0.689. The van der Waals surface area contributed by atoms with Gasteiger partial charge in [-0.3, -0.25) is 4.90 Å². The second kappa shape index (κ2) is 4.31. The van der Waals surface area contributed by atoms with Gasteiger partial charge in [0.25, 0.3) is 0 Å². The minimum absolute atomic E-state index is 0.0667. The van der Waals surface area contributed by atoms with Crippen LogP contribution < -0.4 is 14.8 Å². The maximum absolute atomic E-state index is 5.94. The van der Waals surface area contributed by atoms with Crippen molar-refractivity contribution >= 4 is 0 Å². The lowest BCUT2D eigenvalue weighted by atomic mass is 10.3. The van der Waals surface area contributed by atoms with Crippen molar-refractivity contribution < 1.29 is 9.47 Å².